The van der Waals surface area contributed by atoms with Crippen molar-refractivity contribution in [2.45, 2.75) is 33.4 Å². The van der Waals surface area contributed by atoms with Crippen molar-refractivity contribution in [2.24, 2.45) is 12.0 Å². The fraction of sp³-hybridized carbons (Fsp3) is 0.500. The van der Waals surface area contributed by atoms with E-state index in [0.717, 1.165) is 29.6 Å². The average molecular weight is 344 g/mol. The number of aliphatic imine (C=N–C) groups is 1. The molecule has 0 amide bonds. The summed E-state index contributed by atoms with van der Waals surface area (Å²) in [5.41, 5.74) is 1.13. The smallest absolute Gasteiger partial charge is 0.194 e. The molecule has 0 bridgehead atoms. The zero-order valence-electron chi connectivity index (χ0n) is 15.7. The van der Waals surface area contributed by atoms with Crippen molar-refractivity contribution >= 4 is 5.96 Å². The van der Waals surface area contributed by atoms with E-state index >= 15 is 0 Å². The Hall–Kier alpha value is -2.57. The number of nitrogens with zero attached hydrogens (tertiary/aromatic N) is 5. The average Bonchev–Trinajstić information content (AvgIpc) is 2.98. The van der Waals surface area contributed by atoms with Crippen LogP contribution in [0.4, 0.5) is 0 Å². The molecule has 2 rings (SSSR count). The first-order valence-electron chi connectivity index (χ1n) is 8.55. The third-order valence-corrected chi connectivity index (χ3v) is 3.80. The maximum absolute atomic E-state index is 6.00. The van der Waals surface area contributed by atoms with Gasteiger partial charge in [0.2, 0.25) is 0 Å². The van der Waals surface area contributed by atoms with Gasteiger partial charge in [0.05, 0.1) is 13.1 Å². The standard InChI is InChI=1S/C18H28N6O/c1-6-19-18(23(4)12-17-21-13-22-24(17)5)20-11-15(3)25-16-10-8-7-9-14(16)2/h7-10,13,15H,6,11-12H2,1-5H3,(H,19,20). The Morgan fingerprint density at radius 1 is 1.40 bits per heavy atom. The van der Waals surface area contributed by atoms with E-state index in [1.165, 1.54) is 0 Å². The third kappa shape index (κ3) is 5.48. The van der Waals surface area contributed by atoms with Crippen LogP contribution in [0.5, 0.6) is 5.75 Å². The van der Waals surface area contributed by atoms with Crippen LogP contribution in [0, 0.1) is 6.92 Å². The SMILES string of the molecule is CCNC(=NCC(C)Oc1ccccc1C)N(C)Cc1ncnn1C. The molecule has 0 aliphatic heterocycles. The Kier molecular flexibility index (Phi) is 6.80. The highest BCUT2D eigenvalue weighted by Gasteiger charge is 2.11. The summed E-state index contributed by atoms with van der Waals surface area (Å²) >= 11 is 0. The van der Waals surface area contributed by atoms with Gasteiger partial charge in [-0.1, -0.05) is 18.2 Å². The molecule has 136 valence electrons. The third-order valence-electron chi connectivity index (χ3n) is 3.80. The van der Waals surface area contributed by atoms with Gasteiger partial charge in [0.1, 0.15) is 24.0 Å². The molecule has 0 radical (unpaired) electrons. The van der Waals surface area contributed by atoms with Crippen molar-refractivity contribution < 1.29 is 4.74 Å². The highest BCUT2D eigenvalue weighted by atomic mass is 16.5. The van der Waals surface area contributed by atoms with E-state index in [0.29, 0.717) is 13.1 Å². The Bertz CT molecular complexity index is 696. The number of aryl methyl sites for hydroxylation is 2. The van der Waals surface area contributed by atoms with Gasteiger partial charge in [-0.2, -0.15) is 5.10 Å². The number of aromatic nitrogens is 3. The van der Waals surface area contributed by atoms with E-state index in [-0.39, 0.29) is 6.10 Å². The number of para-hydroxylation sites is 1. The molecule has 0 saturated carbocycles. The van der Waals surface area contributed by atoms with Gasteiger partial charge < -0.3 is 15.0 Å². The van der Waals surface area contributed by atoms with Crippen molar-refractivity contribution in [2.75, 3.05) is 20.1 Å². The summed E-state index contributed by atoms with van der Waals surface area (Å²) in [6.07, 6.45) is 1.55. The number of guanidine groups is 1. The molecule has 1 N–H and O–H groups in total. The van der Waals surface area contributed by atoms with Crippen LogP contribution < -0.4 is 10.1 Å². The number of rotatable bonds is 7. The fourth-order valence-electron chi connectivity index (χ4n) is 2.38. The second-order valence-electron chi connectivity index (χ2n) is 6.04. The molecule has 0 aliphatic carbocycles. The van der Waals surface area contributed by atoms with E-state index in [1.54, 1.807) is 11.0 Å². The normalized spacial score (nSPS) is 12.8. The first-order valence-corrected chi connectivity index (χ1v) is 8.55. The van der Waals surface area contributed by atoms with Crippen LogP contribution in [0.2, 0.25) is 0 Å². The zero-order chi connectivity index (χ0) is 18.2. The van der Waals surface area contributed by atoms with Crippen LogP contribution in [0.15, 0.2) is 35.6 Å². The Labute approximate surface area is 149 Å². The lowest BCUT2D eigenvalue weighted by molar-refractivity contribution is 0.228. The molecule has 1 atom stereocenters. The molecule has 0 fully saturated rings. The van der Waals surface area contributed by atoms with Crippen molar-refractivity contribution in [3.63, 3.8) is 0 Å². The van der Waals surface area contributed by atoms with Crippen molar-refractivity contribution in [1.29, 1.82) is 0 Å². The van der Waals surface area contributed by atoms with Gasteiger partial charge in [0, 0.05) is 20.6 Å². The van der Waals surface area contributed by atoms with E-state index < -0.39 is 0 Å². The number of ether oxygens (including phenoxy) is 1. The minimum absolute atomic E-state index is 0.0158. The summed E-state index contributed by atoms with van der Waals surface area (Å²) in [5, 5.41) is 7.41. The molecule has 0 spiro atoms. The molecule has 1 aromatic heterocycles. The predicted octanol–water partition coefficient (Wildman–Crippen LogP) is 1.99. The molecular formula is C18H28N6O. The van der Waals surface area contributed by atoms with Crippen molar-refractivity contribution in [3.8, 4) is 5.75 Å². The van der Waals surface area contributed by atoms with Gasteiger partial charge in [-0.25, -0.2) is 9.98 Å². The van der Waals surface area contributed by atoms with Crippen molar-refractivity contribution in [3.05, 3.63) is 42.0 Å². The van der Waals surface area contributed by atoms with E-state index in [1.807, 2.05) is 57.1 Å². The molecular weight excluding hydrogens is 316 g/mol. The first-order chi connectivity index (χ1) is 12.0. The van der Waals surface area contributed by atoms with Gasteiger partial charge in [-0.15, -0.1) is 0 Å². The van der Waals surface area contributed by atoms with Crippen LogP contribution in [0.3, 0.4) is 0 Å². The maximum atomic E-state index is 6.00. The summed E-state index contributed by atoms with van der Waals surface area (Å²) in [5.74, 6) is 2.62. The second kappa shape index (κ2) is 9.05. The van der Waals surface area contributed by atoms with Crippen molar-refractivity contribution in [1.82, 2.24) is 25.0 Å². The molecule has 1 aromatic carbocycles. The highest BCUT2D eigenvalue weighted by Crippen LogP contribution is 2.17. The number of nitrogens with one attached hydrogen (secondary N) is 1. The Morgan fingerprint density at radius 3 is 2.80 bits per heavy atom. The first kappa shape index (κ1) is 18.8. The maximum Gasteiger partial charge on any atom is 0.194 e. The van der Waals surface area contributed by atoms with Crippen LogP contribution in [-0.2, 0) is 13.6 Å². The largest absolute Gasteiger partial charge is 0.489 e. The number of hydrogen-bond donors (Lipinski definition) is 1. The zero-order valence-corrected chi connectivity index (χ0v) is 15.7. The molecule has 2 aromatic rings. The van der Waals surface area contributed by atoms with E-state index in [2.05, 4.69) is 22.3 Å². The summed E-state index contributed by atoms with van der Waals surface area (Å²) in [6, 6.07) is 8.03. The molecule has 1 unspecified atom stereocenters. The molecule has 7 nitrogen and oxygen atoms in total. The second-order valence-corrected chi connectivity index (χ2v) is 6.04. The molecule has 0 aliphatic rings. The highest BCUT2D eigenvalue weighted by molar-refractivity contribution is 5.79. The molecule has 1 heterocycles. The summed E-state index contributed by atoms with van der Waals surface area (Å²) in [4.78, 5) is 11.0. The molecule has 0 saturated heterocycles. The van der Waals surface area contributed by atoms with Gasteiger partial charge >= 0.3 is 0 Å². The Morgan fingerprint density at radius 2 is 2.16 bits per heavy atom. The van der Waals surface area contributed by atoms with Gasteiger partial charge in [-0.3, -0.25) is 4.68 Å². The quantitative estimate of drug-likeness (QED) is 0.614. The monoisotopic (exact) mass is 344 g/mol. The molecule has 7 heteroatoms. The summed E-state index contributed by atoms with van der Waals surface area (Å²) in [6.45, 7) is 8.13. The number of benzene rings is 1. The minimum Gasteiger partial charge on any atom is -0.489 e. The predicted molar refractivity (Wildman–Crippen MR) is 99.7 cm³/mol. The van der Waals surface area contributed by atoms with Crippen LogP contribution in [-0.4, -0.2) is 51.9 Å². The van der Waals surface area contributed by atoms with Gasteiger partial charge in [0.25, 0.3) is 0 Å². The minimum atomic E-state index is -0.0158. The van der Waals surface area contributed by atoms with E-state index in [9.17, 15) is 0 Å². The lowest BCUT2D eigenvalue weighted by Gasteiger charge is -2.22. The number of hydrogen-bond acceptors (Lipinski definition) is 4. The lowest BCUT2D eigenvalue weighted by Crippen LogP contribution is -2.39. The van der Waals surface area contributed by atoms with Crippen LogP contribution >= 0.6 is 0 Å². The summed E-state index contributed by atoms with van der Waals surface area (Å²) in [7, 11) is 3.88. The summed E-state index contributed by atoms with van der Waals surface area (Å²) < 4.78 is 7.77. The topological polar surface area (TPSA) is 67.6 Å². The Balaban J connectivity index is 1.98. The fourth-order valence-corrected chi connectivity index (χ4v) is 2.38. The van der Waals surface area contributed by atoms with E-state index in [4.69, 9.17) is 9.73 Å². The van der Waals surface area contributed by atoms with Gasteiger partial charge in [-0.05, 0) is 32.4 Å². The lowest BCUT2D eigenvalue weighted by atomic mass is 10.2. The van der Waals surface area contributed by atoms with Crippen LogP contribution in [0.25, 0.3) is 0 Å². The van der Waals surface area contributed by atoms with Gasteiger partial charge in [0.15, 0.2) is 5.96 Å². The molecule has 25 heavy (non-hydrogen) atoms. The van der Waals surface area contributed by atoms with Crippen LogP contribution in [0.1, 0.15) is 25.2 Å².